The summed E-state index contributed by atoms with van der Waals surface area (Å²) < 4.78 is 40.4. The van der Waals surface area contributed by atoms with E-state index in [9.17, 15) is 22.8 Å². The molecule has 0 N–H and O–H groups in total. The molecule has 32 heavy (non-hydrogen) atoms. The second-order valence-corrected chi connectivity index (χ2v) is 8.87. The zero-order chi connectivity index (χ0) is 23.3. The minimum atomic E-state index is -4.12. The van der Waals surface area contributed by atoms with Gasteiger partial charge in [-0.2, -0.15) is 8.42 Å². The number of hydrogen-bond acceptors (Lipinski definition) is 9. The molecule has 2 amide bonds. The summed E-state index contributed by atoms with van der Waals surface area (Å²) in [7, 11) is -2.76. The smallest absolute Gasteiger partial charge is 0.339 e. The van der Waals surface area contributed by atoms with Crippen LogP contribution in [0, 0.1) is 0 Å². The zero-order valence-corrected chi connectivity index (χ0v) is 18.8. The lowest BCUT2D eigenvalue weighted by Crippen LogP contribution is -2.34. The van der Waals surface area contributed by atoms with Gasteiger partial charge in [0.25, 0.3) is 11.1 Å². The molecular weight excluding hydrogens is 458 g/mol. The van der Waals surface area contributed by atoms with Gasteiger partial charge in [-0.3, -0.25) is 19.3 Å². The third-order valence-corrected chi connectivity index (χ3v) is 6.34. The molecular formula is C21H19NO8S2. The van der Waals surface area contributed by atoms with Crippen molar-refractivity contribution in [3.8, 4) is 11.5 Å². The first kappa shape index (κ1) is 23.4. The molecule has 0 radical (unpaired) electrons. The summed E-state index contributed by atoms with van der Waals surface area (Å²) in [4.78, 5) is 37.1. The molecule has 0 saturated carbocycles. The first-order chi connectivity index (χ1) is 15.2. The van der Waals surface area contributed by atoms with Crippen molar-refractivity contribution in [2.45, 2.75) is 11.8 Å². The molecule has 168 valence electrons. The van der Waals surface area contributed by atoms with Gasteiger partial charge in [0.2, 0.25) is 0 Å². The average molecular weight is 478 g/mol. The van der Waals surface area contributed by atoms with Crippen LogP contribution in [0.3, 0.4) is 0 Å². The van der Waals surface area contributed by atoms with Crippen LogP contribution >= 0.6 is 11.8 Å². The van der Waals surface area contributed by atoms with Crippen LogP contribution in [0.15, 0.2) is 58.3 Å². The number of hydrogen-bond donors (Lipinski definition) is 0. The Hall–Kier alpha value is -3.31. The highest BCUT2D eigenvalue weighted by molar-refractivity contribution is 8.18. The maximum absolute atomic E-state index is 12.6. The quantitative estimate of drug-likeness (QED) is 0.321. The van der Waals surface area contributed by atoms with Gasteiger partial charge in [0.15, 0.2) is 11.5 Å². The fourth-order valence-corrected chi connectivity index (χ4v) is 4.52. The van der Waals surface area contributed by atoms with Gasteiger partial charge >= 0.3 is 16.1 Å². The number of amides is 2. The van der Waals surface area contributed by atoms with Crippen molar-refractivity contribution in [3.05, 3.63) is 59.0 Å². The number of thioether (sulfide) groups is 1. The largest absolute Gasteiger partial charge is 0.493 e. The van der Waals surface area contributed by atoms with E-state index in [0.717, 1.165) is 4.90 Å². The highest BCUT2D eigenvalue weighted by Crippen LogP contribution is 2.35. The molecule has 1 heterocycles. The van der Waals surface area contributed by atoms with Crippen LogP contribution in [0.4, 0.5) is 4.79 Å². The molecule has 0 bridgehead atoms. The number of carbonyl (C=O) groups is 3. The Morgan fingerprint density at radius 1 is 1.09 bits per heavy atom. The third-order valence-electron chi connectivity index (χ3n) is 4.18. The Bertz CT molecular complexity index is 1180. The van der Waals surface area contributed by atoms with Crippen LogP contribution in [0.25, 0.3) is 6.08 Å². The number of rotatable bonds is 8. The Labute approximate surface area is 189 Å². The average Bonchev–Trinajstić information content (AvgIpc) is 3.02. The summed E-state index contributed by atoms with van der Waals surface area (Å²) >= 11 is 0.663. The molecule has 9 nitrogen and oxygen atoms in total. The van der Waals surface area contributed by atoms with E-state index in [1.807, 2.05) is 0 Å². The molecule has 11 heteroatoms. The standard InChI is InChI=1S/C21H19NO8S2/c1-3-29-19(23)13-22-20(24)18(31-21(22)25)12-14-9-10-16(28-2)17(11-14)30-32(26,27)15-7-5-4-6-8-15/h4-12H,3,13H2,1-2H3/b18-12-. The molecule has 0 atom stereocenters. The molecule has 0 aromatic heterocycles. The van der Waals surface area contributed by atoms with E-state index in [2.05, 4.69) is 0 Å². The Morgan fingerprint density at radius 3 is 2.47 bits per heavy atom. The minimum Gasteiger partial charge on any atom is -0.493 e. The van der Waals surface area contributed by atoms with Gasteiger partial charge in [0.1, 0.15) is 11.4 Å². The lowest BCUT2D eigenvalue weighted by Gasteiger charge is -2.12. The van der Waals surface area contributed by atoms with E-state index >= 15 is 0 Å². The van der Waals surface area contributed by atoms with Gasteiger partial charge in [-0.25, -0.2) is 0 Å². The number of esters is 1. The minimum absolute atomic E-state index is 0.0347. The van der Waals surface area contributed by atoms with E-state index in [4.69, 9.17) is 13.7 Å². The van der Waals surface area contributed by atoms with Crippen molar-refractivity contribution in [2.24, 2.45) is 0 Å². The normalized spacial score (nSPS) is 15.2. The molecule has 0 aliphatic carbocycles. The van der Waals surface area contributed by atoms with Crippen LogP contribution in [-0.4, -0.2) is 50.7 Å². The van der Waals surface area contributed by atoms with Crippen molar-refractivity contribution in [2.75, 3.05) is 20.3 Å². The molecule has 1 fully saturated rings. The SMILES string of the molecule is CCOC(=O)CN1C(=O)S/C(=C\c2ccc(OC)c(OS(=O)(=O)c3ccccc3)c2)C1=O. The fourth-order valence-electron chi connectivity index (χ4n) is 2.73. The van der Waals surface area contributed by atoms with Gasteiger partial charge in [0, 0.05) is 0 Å². The Balaban J connectivity index is 1.87. The predicted octanol–water partition coefficient (Wildman–Crippen LogP) is 3.06. The lowest BCUT2D eigenvalue weighted by atomic mass is 10.2. The van der Waals surface area contributed by atoms with Gasteiger partial charge in [-0.15, -0.1) is 0 Å². The number of methoxy groups -OCH3 is 1. The van der Waals surface area contributed by atoms with Gasteiger partial charge in [-0.1, -0.05) is 24.3 Å². The molecule has 1 aliphatic heterocycles. The van der Waals surface area contributed by atoms with Crippen molar-refractivity contribution in [1.82, 2.24) is 4.90 Å². The van der Waals surface area contributed by atoms with Crippen LogP contribution < -0.4 is 8.92 Å². The van der Waals surface area contributed by atoms with Crippen LogP contribution in [0.1, 0.15) is 12.5 Å². The molecule has 1 saturated heterocycles. The van der Waals surface area contributed by atoms with Gasteiger partial charge in [0.05, 0.1) is 18.6 Å². The van der Waals surface area contributed by atoms with Crippen molar-refractivity contribution >= 4 is 45.1 Å². The number of imide groups is 1. The molecule has 2 aromatic carbocycles. The summed E-state index contributed by atoms with van der Waals surface area (Å²) in [6.07, 6.45) is 1.40. The van der Waals surface area contributed by atoms with Crippen LogP contribution in [0.2, 0.25) is 0 Å². The molecule has 3 rings (SSSR count). The second kappa shape index (κ2) is 9.88. The maximum Gasteiger partial charge on any atom is 0.339 e. The summed E-state index contributed by atoms with van der Waals surface area (Å²) in [6.45, 7) is 1.26. The number of carbonyl (C=O) groups excluding carboxylic acids is 3. The maximum atomic E-state index is 12.6. The molecule has 1 aliphatic rings. The monoisotopic (exact) mass is 477 g/mol. The highest BCUT2D eigenvalue weighted by Gasteiger charge is 2.36. The van der Waals surface area contributed by atoms with Crippen molar-refractivity contribution in [1.29, 1.82) is 0 Å². The highest BCUT2D eigenvalue weighted by atomic mass is 32.2. The van der Waals surface area contributed by atoms with Gasteiger partial charge in [-0.05, 0) is 54.6 Å². The first-order valence-corrected chi connectivity index (χ1v) is 11.6. The fraction of sp³-hybridized carbons (Fsp3) is 0.190. The lowest BCUT2D eigenvalue weighted by molar-refractivity contribution is -0.145. The van der Waals surface area contributed by atoms with E-state index in [-0.39, 0.29) is 27.9 Å². The van der Waals surface area contributed by atoms with E-state index in [1.165, 1.54) is 37.5 Å². The summed E-state index contributed by atoms with van der Waals surface area (Å²) in [5, 5.41) is -0.606. The van der Waals surface area contributed by atoms with E-state index in [0.29, 0.717) is 17.3 Å². The number of ether oxygens (including phenoxy) is 2. The van der Waals surface area contributed by atoms with E-state index in [1.54, 1.807) is 31.2 Å². The van der Waals surface area contributed by atoms with Gasteiger partial charge < -0.3 is 13.7 Å². The molecule has 0 unspecified atom stereocenters. The first-order valence-electron chi connectivity index (χ1n) is 9.33. The summed E-state index contributed by atoms with van der Waals surface area (Å²) in [5.74, 6) is -1.27. The van der Waals surface area contributed by atoms with Crippen molar-refractivity contribution in [3.63, 3.8) is 0 Å². The molecule has 0 spiro atoms. The van der Waals surface area contributed by atoms with Crippen molar-refractivity contribution < 1.29 is 36.5 Å². The third kappa shape index (κ3) is 5.29. The Kier molecular flexibility index (Phi) is 7.21. The predicted molar refractivity (Wildman–Crippen MR) is 117 cm³/mol. The molecule has 2 aromatic rings. The number of nitrogens with zero attached hydrogens (tertiary/aromatic N) is 1. The zero-order valence-electron chi connectivity index (χ0n) is 17.1. The summed E-state index contributed by atoms with van der Waals surface area (Å²) in [6, 6.07) is 12.0. The van der Waals surface area contributed by atoms with E-state index < -0.39 is 33.8 Å². The number of benzene rings is 2. The van der Waals surface area contributed by atoms with Crippen LogP contribution in [-0.2, 0) is 24.4 Å². The van der Waals surface area contributed by atoms with Crippen LogP contribution in [0.5, 0.6) is 11.5 Å². The topological polar surface area (TPSA) is 116 Å². The second-order valence-electron chi connectivity index (χ2n) is 6.33. The summed E-state index contributed by atoms with van der Waals surface area (Å²) in [5.41, 5.74) is 0.394. The Morgan fingerprint density at radius 2 is 1.81 bits per heavy atom.